The van der Waals surface area contributed by atoms with Gasteiger partial charge >= 0.3 is 0 Å². The van der Waals surface area contributed by atoms with Crippen LogP contribution in [0.15, 0.2) is 24.3 Å². The third kappa shape index (κ3) is 3.23. The minimum atomic E-state index is -1.06. The lowest BCUT2D eigenvalue weighted by Gasteiger charge is -2.15. The maximum Gasteiger partial charge on any atom is 0.257 e. The second-order valence-electron chi connectivity index (χ2n) is 5.52. The van der Waals surface area contributed by atoms with Crippen LogP contribution in [0.2, 0.25) is 0 Å². The van der Waals surface area contributed by atoms with E-state index in [0.29, 0.717) is 5.69 Å². The molecule has 1 amide bonds. The maximum absolute atomic E-state index is 11.4. The molecule has 2 N–H and O–H groups in total. The van der Waals surface area contributed by atoms with Crippen molar-refractivity contribution in [3.8, 4) is 0 Å². The molecule has 19 heavy (non-hydrogen) atoms. The van der Waals surface area contributed by atoms with Crippen LogP contribution in [0.25, 0.3) is 10.9 Å². The molecule has 0 unspecified atom stereocenters. The van der Waals surface area contributed by atoms with Crippen molar-refractivity contribution < 1.29 is 4.79 Å². The van der Waals surface area contributed by atoms with E-state index in [1.807, 2.05) is 18.2 Å². The fraction of sp³-hybridized carbons (Fsp3) is 0.357. The summed E-state index contributed by atoms with van der Waals surface area (Å²) in [4.78, 5) is 13.7. The molecule has 0 saturated carbocycles. The Bertz CT molecular complexity index is 611. The number of alkyl halides is 2. The SMILES string of the molecule is CC(C)(C)c1cc2cc(NC(=O)C(Cl)Cl)ccc2[nH]1. The quantitative estimate of drug-likeness (QED) is 0.802. The fourth-order valence-corrected chi connectivity index (χ4v) is 1.92. The Balaban J connectivity index is 2.33. The van der Waals surface area contributed by atoms with Gasteiger partial charge in [-0.25, -0.2) is 0 Å². The largest absolute Gasteiger partial charge is 0.358 e. The van der Waals surface area contributed by atoms with E-state index in [0.717, 1.165) is 16.6 Å². The zero-order valence-electron chi connectivity index (χ0n) is 11.1. The first-order chi connectivity index (χ1) is 8.77. The van der Waals surface area contributed by atoms with Gasteiger partial charge in [-0.15, -0.1) is 0 Å². The highest BCUT2D eigenvalue weighted by Gasteiger charge is 2.17. The monoisotopic (exact) mass is 298 g/mol. The number of aromatic nitrogens is 1. The number of carbonyl (C=O) groups is 1. The first-order valence-electron chi connectivity index (χ1n) is 5.99. The van der Waals surface area contributed by atoms with E-state index in [1.54, 1.807) is 0 Å². The van der Waals surface area contributed by atoms with Crippen LogP contribution in [0.4, 0.5) is 5.69 Å². The first-order valence-corrected chi connectivity index (χ1v) is 6.87. The van der Waals surface area contributed by atoms with Crippen LogP contribution in [0.5, 0.6) is 0 Å². The van der Waals surface area contributed by atoms with E-state index in [4.69, 9.17) is 23.2 Å². The summed E-state index contributed by atoms with van der Waals surface area (Å²) in [6.45, 7) is 6.43. The number of carbonyl (C=O) groups excluding carboxylic acids is 1. The van der Waals surface area contributed by atoms with Crippen LogP contribution in [0.1, 0.15) is 26.5 Å². The number of fused-ring (bicyclic) bond motifs is 1. The van der Waals surface area contributed by atoms with Gasteiger partial charge < -0.3 is 10.3 Å². The zero-order valence-corrected chi connectivity index (χ0v) is 12.6. The molecule has 0 aliphatic carbocycles. The molecule has 0 bridgehead atoms. The molecule has 5 heteroatoms. The normalized spacial score (nSPS) is 12.1. The highest BCUT2D eigenvalue weighted by Crippen LogP contribution is 2.27. The molecule has 0 radical (unpaired) electrons. The van der Waals surface area contributed by atoms with Gasteiger partial charge in [-0.1, -0.05) is 44.0 Å². The van der Waals surface area contributed by atoms with Gasteiger partial charge in [0.25, 0.3) is 5.91 Å². The van der Waals surface area contributed by atoms with Gasteiger partial charge in [0, 0.05) is 27.7 Å². The lowest BCUT2D eigenvalue weighted by Crippen LogP contribution is -2.18. The Kier molecular flexibility index (Phi) is 3.79. The third-order valence-corrected chi connectivity index (χ3v) is 3.29. The fourth-order valence-electron chi connectivity index (χ4n) is 1.81. The minimum absolute atomic E-state index is 0.0554. The number of hydrogen-bond acceptors (Lipinski definition) is 1. The average Bonchev–Trinajstić information content (AvgIpc) is 2.71. The van der Waals surface area contributed by atoms with Crippen molar-refractivity contribution in [1.29, 1.82) is 0 Å². The molecule has 0 aliphatic heterocycles. The topological polar surface area (TPSA) is 44.9 Å². The molecule has 0 aliphatic rings. The van der Waals surface area contributed by atoms with Crippen LogP contribution in [0.3, 0.4) is 0 Å². The predicted molar refractivity (Wildman–Crippen MR) is 81.1 cm³/mol. The van der Waals surface area contributed by atoms with E-state index >= 15 is 0 Å². The summed E-state index contributed by atoms with van der Waals surface area (Å²) in [7, 11) is 0. The first kappa shape index (κ1) is 14.2. The second-order valence-corrected chi connectivity index (χ2v) is 6.62. The van der Waals surface area contributed by atoms with Crippen LogP contribution >= 0.6 is 23.2 Å². The summed E-state index contributed by atoms with van der Waals surface area (Å²) >= 11 is 11.0. The van der Waals surface area contributed by atoms with E-state index < -0.39 is 10.7 Å². The van der Waals surface area contributed by atoms with E-state index in [2.05, 4.69) is 37.1 Å². The molecule has 2 rings (SSSR count). The van der Waals surface area contributed by atoms with Crippen molar-refractivity contribution in [3.05, 3.63) is 30.0 Å². The number of hydrogen-bond donors (Lipinski definition) is 2. The van der Waals surface area contributed by atoms with E-state index in [-0.39, 0.29) is 5.41 Å². The average molecular weight is 299 g/mol. The van der Waals surface area contributed by atoms with E-state index in [1.165, 1.54) is 0 Å². The molecule has 3 nitrogen and oxygen atoms in total. The number of halogens is 2. The molecule has 0 fully saturated rings. The molecule has 0 spiro atoms. The van der Waals surface area contributed by atoms with Gasteiger partial charge in [-0.2, -0.15) is 0 Å². The van der Waals surface area contributed by atoms with Crippen LogP contribution in [-0.4, -0.2) is 15.7 Å². The number of amides is 1. The van der Waals surface area contributed by atoms with Crippen molar-refractivity contribution >= 4 is 45.7 Å². The summed E-state index contributed by atoms with van der Waals surface area (Å²) in [5.74, 6) is -0.422. The Labute approximate surface area is 122 Å². The summed E-state index contributed by atoms with van der Waals surface area (Å²) < 4.78 is 0. The summed E-state index contributed by atoms with van der Waals surface area (Å²) in [5.41, 5.74) is 2.93. The van der Waals surface area contributed by atoms with Gasteiger partial charge in [0.05, 0.1) is 0 Å². The van der Waals surface area contributed by atoms with Crippen molar-refractivity contribution in [3.63, 3.8) is 0 Å². The van der Waals surface area contributed by atoms with E-state index in [9.17, 15) is 4.79 Å². The zero-order chi connectivity index (χ0) is 14.2. The molecular formula is C14H16Cl2N2O. The second kappa shape index (κ2) is 5.06. The molecule has 0 saturated heterocycles. The smallest absolute Gasteiger partial charge is 0.257 e. The van der Waals surface area contributed by atoms with Crippen molar-refractivity contribution in [1.82, 2.24) is 4.98 Å². The predicted octanol–water partition coefficient (Wildman–Crippen LogP) is 4.21. The molecule has 2 aromatic rings. The van der Waals surface area contributed by atoms with Crippen molar-refractivity contribution in [2.24, 2.45) is 0 Å². The van der Waals surface area contributed by atoms with Gasteiger partial charge in [-0.05, 0) is 24.3 Å². The summed E-state index contributed by atoms with van der Waals surface area (Å²) in [6, 6.07) is 7.73. The standard InChI is InChI=1S/C14H16Cl2N2O/c1-14(2,3)11-7-8-6-9(4-5-10(8)18-11)17-13(19)12(15)16/h4-7,12,18H,1-3H3,(H,17,19). The number of aromatic amines is 1. The van der Waals surface area contributed by atoms with Gasteiger partial charge in [0.1, 0.15) is 0 Å². The van der Waals surface area contributed by atoms with Gasteiger partial charge in [0.2, 0.25) is 0 Å². The lowest BCUT2D eigenvalue weighted by atomic mass is 9.92. The minimum Gasteiger partial charge on any atom is -0.358 e. The maximum atomic E-state index is 11.4. The van der Waals surface area contributed by atoms with Gasteiger partial charge in [-0.3, -0.25) is 4.79 Å². The molecule has 1 aromatic carbocycles. The number of anilines is 1. The summed E-state index contributed by atoms with van der Waals surface area (Å²) in [5, 5.41) is 3.71. The highest BCUT2D eigenvalue weighted by molar-refractivity contribution is 6.54. The Hall–Kier alpha value is -1.19. The number of H-pyrrole nitrogens is 1. The summed E-state index contributed by atoms with van der Waals surface area (Å²) in [6.07, 6.45) is 0. The van der Waals surface area contributed by atoms with Crippen molar-refractivity contribution in [2.45, 2.75) is 31.0 Å². The number of benzene rings is 1. The van der Waals surface area contributed by atoms with Crippen molar-refractivity contribution in [2.75, 3.05) is 5.32 Å². The van der Waals surface area contributed by atoms with Crippen LogP contribution < -0.4 is 5.32 Å². The van der Waals surface area contributed by atoms with Crippen LogP contribution in [-0.2, 0) is 10.2 Å². The molecule has 102 valence electrons. The van der Waals surface area contributed by atoms with Gasteiger partial charge in [0.15, 0.2) is 4.84 Å². The Morgan fingerprint density at radius 1 is 1.26 bits per heavy atom. The Morgan fingerprint density at radius 3 is 2.53 bits per heavy atom. The molecule has 0 atom stereocenters. The Morgan fingerprint density at radius 2 is 1.95 bits per heavy atom. The number of rotatable bonds is 2. The molecule has 1 aromatic heterocycles. The van der Waals surface area contributed by atoms with Crippen LogP contribution in [0, 0.1) is 0 Å². The molecule has 1 heterocycles. The third-order valence-electron chi connectivity index (χ3n) is 2.89. The number of nitrogens with one attached hydrogen (secondary N) is 2. The lowest BCUT2D eigenvalue weighted by molar-refractivity contribution is -0.114. The molecular weight excluding hydrogens is 283 g/mol. The highest BCUT2D eigenvalue weighted by atomic mass is 35.5.